The van der Waals surface area contributed by atoms with Gasteiger partial charge in [-0.3, -0.25) is 14.2 Å². The zero-order valence-electron chi connectivity index (χ0n) is 17.6. The minimum atomic E-state index is -0.469. The quantitative estimate of drug-likeness (QED) is 0.404. The fourth-order valence-electron chi connectivity index (χ4n) is 2.78. The average Bonchev–Trinajstić information content (AvgIpc) is 3.21. The lowest BCUT2D eigenvalue weighted by Crippen LogP contribution is -2.31. The van der Waals surface area contributed by atoms with Crippen LogP contribution in [0.4, 0.5) is 0 Å². The summed E-state index contributed by atoms with van der Waals surface area (Å²) in [6.07, 6.45) is 0. The number of benzene rings is 2. The Hall–Kier alpha value is -3.33. The first-order chi connectivity index (χ1) is 15.0. The molecule has 0 spiro atoms. The number of carbonyl (C=O) groups excluding carboxylic acids is 2. The summed E-state index contributed by atoms with van der Waals surface area (Å²) in [6.45, 7) is 3.85. The molecule has 1 aromatic heterocycles. The van der Waals surface area contributed by atoms with Gasteiger partial charge < -0.3 is 14.8 Å². The molecule has 0 saturated heterocycles. The van der Waals surface area contributed by atoms with Crippen molar-refractivity contribution in [3.63, 3.8) is 0 Å². The Labute approximate surface area is 185 Å². The average molecular weight is 441 g/mol. The second-order valence-electron chi connectivity index (χ2n) is 6.58. The van der Waals surface area contributed by atoms with E-state index in [1.54, 1.807) is 14.0 Å². The van der Waals surface area contributed by atoms with Gasteiger partial charge in [0.25, 0.3) is 0 Å². The zero-order valence-corrected chi connectivity index (χ0v) is 18.4. The molecule has 0 radical (unpaired) electrons. The van der Waals surface area contributed by atoms with Crippen molar-refractivity contribution in [1.82, 2.24) is 20.1 Å². The zero-order chi connectivity index (χ0) is 22.2. The number of thioether (sulfide) groups is 1. The highest BCUT2D eigenvalue weighted by Gasteiger charge is 2.18. The molecule has 0 fully saturated rings. The van der Waals surface area contributed by atoms with Crippen LogP contribution in [0.25, 0.3) is 17.1 Å². The summed E-state index contributed by atoms with van der Waals surface area (Å²) in [5, 5.41) is 11.8. The van der Waals surface area contributed by atoms with Crippen molar-refractivity contribution < 1.29 is 19.1 Å². The summed E-state index contributed by atoms with van der Waals surface area (Å²) in [5.74, 6) is 0.727. The Kier molecular flexibility index (Phi) is 7.66. The molecule has 162 valence electrons. The van der Waals surface area contributed by atoms with Crippen LogP contribution in [-0.2, 0) is 14.3 Å². The van der Waals surface area contributed by atoms with Crippen molar-refractivity contribution in [3.8, 4) is 22.8 Å². The number of rotatable bonds is 9. The maximum absolute atomic E-state index is 12.2. The molecule has 31 heavy (non-hydrogen) atoms. The highest BCUT2D eigenvalue weighted by atomic mass is 32.2. The van der Waals surface area contributed by atoms with Crippen LogP contribution in [0.15, 0.2) is 53.7 Å². The molecule has 1 amide bonds. The van der Waals surface area contributed by atoms with Crippen molar-refractivity contribution in [2.24, 2.45) is 0 Å². The first kappa shape index (κ1) is 22.4. The summed E-state index contributed by atoms with van der Waals surface area (Å²) in [7, 11) is 1.61. The number of hydrogen-bond acceptors (Lipinski definition) is 7. The normalized spacial score (nSPS) is 10.5. The van der Waals surface area contributed by atoms with Gasteiger partial charge in [-0.1, -0.05) is 41.6 Å². The number of methoxy groups -OCH3 is 1. The van der Waals surface area contributed by atoms with E-state index in [9.17, 15) is 9.59 Å². The minimum Gasteiger partial charge on any atom is -0.497 e. The molecule has 3 rings (SSSR count). The van der Waals surface area contributed by atoms with Gasteiger partial charge in [-0.25, -0.2) is 0 Å². The Morgan fingerprint density at radius 2 is 1.77 bits per heavy atom. The topological polar surface area (TPSA) is 95.3 Å². The fourth-order valence-corrected chi connectivity index (χ4v) is 3.56. The van der Waals surface area contributed by atoms with Crippen molar-refractivity contribution in [2.45, 2.75) is 19.0 Å². The number of carbonyl (C=O) groups is 2. The van der Waals surface area contributed by atoms with E-state index in [0.717, 1.165) is 22.6 Å². The maximum Gasteiger partial charge on any atom is 0.325 e. The monoisotopic (exact) mass is 440 g/mol. The van der Waals surface area contributed by atoms with Crippen LogP contribution in [0, 0.1) is 6.92 Å². The number of esters is 1. The van der Waals surface area contributed by atoms with Crippen LogP contribution in [0.1, 0.15) is 12.5 Å². The lowest BCUT2D eigenvalue weighted by atomic mass is 10.1. The van der Waals surface area contributed by atoms with Gasteiger partial charge in [0, 0.05) is 11.3 Å². The van der Waals surface area contributed by atoms with Crippen molar-refractivity contribution in [3.05, 3.63) is 54.1 Å². The van der Waals surface area contributed by atoms with Gasteiger partial charge in [0.05, 0.1) is 19.5 Å². The molecule has 2 aromatic carbocycles. The number of hydrogen-bond donors (Lipinski definition) is 1. The number of amides is 1. The van der Waals surface area contributed by atoms with Gasteiger partial charge in [0.1, 0.15) is 12.3 Å². The second kappa shape index (κ2) is 10.6. The van der Waals surface area contributed by atoms with Crippen LogP contribution < -0.4 is 10.1 Å². The van der Waals surface area contributed by atoms with Gasteiger partial charge in [-0.05, 0) is 38.1 Å². The van der Waals surface area contributed by atoms with E-state index < -0.39 is 5.97 Å². The van der Waals surface area contributed by atoms with E-state index in [-0.39, 0.29) is 24.8 Å². The summed E-state index contributed by atoms with van der Waals surface area (Å²) in [5.41, 5.74) is 2.90. The van der Waals surface area contributed by atoms with Gasteiger partial charge in [0.2, 0.25) is 5.91 Å². The number of nitrogens with one attached hydrogen (secondary N) is 1. The molecule has 0 aliphatic rings. The third-order valence-corrected chi connectivity index (χ3v) is 5.27. The third kappa shape index (κ3) is 5.85. The molecule has 0 aliphatic heterocycles. The van der Waals surface area contributed by atoms with Gasteiger partial charge in [-0.2, -0.15) is 0 Å². The number of nitrogens with zero attached hydrogens (tertiary/aromatic N) is 3. The SMILES string of the molecule is CCOC(=O)CNC(=O)CSc1nnc(-c2ccc(C)cc2)n1-c1ccc(OC)cc1. The molecule has 9 heteroatoms. The smallest absolute Gasteiger partial charge is 0.325 e. The highest BCUT2D eigenvalue weighted by molar-refractivity contribution is 7.99. The van der Waals surface area contributed by atoms with Crippen LogP contribution in [0.3, 0.4) is 0 Å². The van der Waals surface area contributed by atoms with Crippen LogP contribution in [-0.4, -0.2) is 52.7 Å². The maximum atomic E-state index is 12.2. The summed E-state index contributed by atoms with van der Waals surface area (Å²) in [6, 6.07) is 15.5. The molecule has 1 heterocycles. The lowest BCUT2D eigenvalue weighted by molar-refractivity contribution is -0.143. The van der Waals surface area contributed by atoms with Crippen LogP contribution in [0.5, 0.6) is 5.75 Å². The fraction of sp³-hybridized carbons (Fsp3) is 0.273. The van der Waals surface area contributed by atoms with Gasteiger partial charge >= 0.3 is 5.97 Å². The van der Waals surface area contributed by atoms with Gasteiger partial charge in [0.15, 0.2) is 11.0 Å². The van der Waals surface area contributed by atoms with E-state index in [1.807, 2.05) is 60.0 Å². The molecular weight excluding hydrogens is 416 g/mol. The summed E-state index contributed by atoms with van der Waals surface area (Å²) < 4.78 is 12.0. The first-order valence-corrected chi connectivity index (χ1v) is 10.7. The second-order valence-corrected chi connectivity index (χ2v) is 7.52. The predicted octanol–water partition coefficient (Wildman–Crippen LogP) is 3.02. The molecule has 0 unspecified atom stereocenters. The predicted molar refractivity (Wildman–Crippen MR) is 118 cm³/mol. The third-order valence-electron chi connectivity index (χ3n) is 4.34. The number of aryl methyl sites for hydroxylation is 1. The largest absolute Gasteiger partial charge is 0.497 e. The molecule has 0 atom stereocenters. The molecule has 3 aromatic rings. The highest BCUT2D eigenvalue weighted by Crippen LogP contribution is 2.29. The van der Waals surface area contributed by atoms with Crippen molar-refractivity contribution in [2.75, 3.05) is 26.0 Å². The van der Waals surface area contributed by atoms with Crippen LogP contribution >= 0.6 is 11.8 Å². The van der Waals surface area contributed by atoms with Crippen molar-refractivity contribution >= 4 is 23.6 Å². The van der Waals surface area contributed by atoms with E-state index in [1.165, 1.54) is 11.8 Å². The molecule has 0 aliphatic carbocycles. The summed E-state index contributed by atoms with van der Waals surface area (Å²) >= 11 is 1.24. The minimum absolute atomic E-state index is 0.0849. The molecule has 1 N–H and O–H groups in total. The van der Waals surface area contributed by atoms with E-state index in [0.29, 0.717) is 11.0 Å². The number of ether oxygens (including phenoxy) is 2. The molecule has 0 bridgehead atoms. The standard InChI is InChI=1S/C22H24N4O4S/c1-4-30-20(28)13-23-19(27)14-31-22-25-24-21(16-7-5-15(2)6-8-16)26(22)17-9-11-18(29-3)12-10-17/h5-12H,4,13-14H2,1-3H3,(H,23,27). The molecule has 8 nitrogen and oxygen atoms in total. The first-order valence-electron chi connectivity index (χ1n) is 9.73. The molecular formula is C22H24N4O4S. The Bertz CT molecular complexity index is 1030. The van der Waals surface area contributed by atoms with Crippen LogP contribution in [0.2, 0.25) is 0 Å². The van der Waals surface area contributed by atoms with Crippen molar-refractivity contribution in [1.29, 1.82) is 0 Å². The van der Waals surface area contributed by atoms with E-state index in [2.05, 4.69) is 15.5 Å². The van der Waals surface area contributed by atoms with Gasteiger partial charge in [-0.15, -0.1) is 10.2 Å². The Morgan fingerprint density at radius 1 is 1.06 bits per heavy atom. The lowest BCUT2D eigenvalue weighted by Gasteiger charge is -2.11. The summed E-state index contributed by atoms with van der Waals surface area (Å²) in [4.78, 5) is 23.6. The number of aromatic nitrogens is 3. The Morgan fingerprint density at radius 3 is 2.42 bits per heavy atom. The van der Waals surface area contributed by atoms with E-state index >= 15 is 0 Å². The Balaban J connectivity index is 1.83. The molecule has 0 saturated carbocycles. The van der Waals surface area contributed by atoms with E-state index in [4.69, 9.17) is 9.47 Å².